The minimum Gasteiger partial charge on any atom is -0.311 e. The third-order valence-electron chi connectivity index (χ3n) is 3.68. The summed E-state index contributed by atoms with van der Waals surface area (Å²) in [4.78, 5) is 18.4. The first kappa shape index (κ1) is 15.1. The SMILES string of the molecule is Cc1cnc2c(C#N)cc(C(=O)N(C)c3ccc(Cl)cc3)cn12. The molecule has 1 aromatic carbocycles. The number of amides is 1. The zero-order valence-corrected chi connectivity index (χ0v) is 13.4. The van der Waals surface area contributed by atoms with Crippen molar-refractivity contribution in [3.05, 3.63) is 64.6 Å². The number of fused-ring (bicyclic) bond motifs is 1. The maximum absolute atomic E-state index is 12.7. The second-order valence-electron chi connectivity index (χ2n) is 5.19. The molecule has 2 aromatic heterocycles. The topological polar surface area (TPSA) is 61.4 Å². The molecule has 0 bridgehead atoms. The maximum atomic E-state index is 12.7. The molecule has 0 saturated heterocycles. The van der Waals surface area contributed by atoms with Crippen molar-refractivity contribution < 1.29 is 4.79 Å². The molecular formula is C17H13ClN4O. The van der Waals surface area contributed by atoms with Gasteiger partial charge in [0, 0.05) is 35.8 Å². The lowest BCUT2D eigenvalue weighted by Gasteiger charge is -2.18. The molecule has 0 saturated carbocycles. The molecule has 3 aromatic rings. The third kappa shape index (κ3) is 2.65. The highest BCUT2D eigenvalue weighted by atomic mass is 35.5. The number of hydrogen-bond acceptors (Lipinski definition) is 3. The van der Waals surface area contributed by atoms with E-state index >= 15 is 0 Å². The highest BCUT2D eigenvalue weighted by Crippen LogP contribution is 2.20. The van der Waals surface area contributed by atoms with Crippen molar-refractivity contribution in [1.82, 2.24) is 9.38 Å². The molecule has 0 unspecified atom stereocenters. The zero-order valence-electron chi connectivity index (χ0n) is 12.6. The first-order chi connectivity index (χ1) is 11.0. The molecular weight excluding hydrogens is 312 g/mol. The highest BCUT2D eigenvalue weighted by Gasteiger charge is 2.17. The number of imidazole rings is 1. The number of anilines is 1. The van der Waals surface area contributed by atoms with Gasteiger partial charge in [0.1, 0.15) is 6.07 Å². The van der Waals surface area contributed by atoms with Crippen molar-refractivity contribution in [2.45, 2.75) is 6.92 Å². The third-order valence-corrected chi connectivity index (χ3v) is 3.93. The van der Waals surface area contributed by atoms with Crippen LogP contribution in [0.5, 0.6) is 0 Å². The van der Waals surface area contributed by atoms with Gasteiger partial charge in [-0.15, -0.1) is 0 Å². The summed E-state index contributed by atoms with van der Waals surface area (Å²) in [5, 5.41) is 9.90. The number of carbonyl (C=O) groups excluding carboxylic acids is 1. The van der Waals surface area contributed by atoms with E-state index in [1.165, 1.54) is 4.90 Å². The van der Waals surface area contributed by atoms with Crippen molar-refractivity contribution >= 4 is 28.8 Å². The number of rotatable bonds is 2. The molecule has 0 aliphatic heterocycles. The normalized spacial score (nSPS) is 10.5. The Hall–Kier alpha value is -2.84. The molecule has 0 aliphatic carbocycles. The van der Waals surface area contributed by atoms with Crippen molar-refractivity contribution in [2.75, 3.05) is 11.9 Å². The minimum absolute atomic E-state index is 0.209. The Bertz CT molecular complexity index is 938. The fraction of sp³-hybridized carbons (Fsp3) is 0.118. The lowest BCUT2D eigenvalue weighted by molar-refractivity contribution is 0.0992. The summed E-state index contributed by atoms with van der Waals surface area (Å²) >= 11 is 5.87. The van der Waals surface area contributed by atoms with Gasteiger partial charge in [-0.2, -0.15) is 5.26 Å². The summed E-state index contributed by atoms with van der Waals surface area (Å²) in [5.41, 5.74) is 2.93. The number of hydrogen-bond donors (Lipinski definition) is 0. The summed E-state index contributed by atoms with van der Waals surface area (Å²) in [7, 11) is 1.68. The first-order valence-electron chi connectivity index (χ1n) is 6.92. The number of nitriles is 1. The quantitative estimate of drug-likeness (QED) is 0.725. The van der Waals surface area contributed by atoms with Gasteiger partial charge in [0.25, 0.3) is 5.91 Å². The Labute approximate surface area is 138 Å². The van der Waals surface area contributed by atoms with Gasteiger partial charge in [-0.25, -0.2) is 4.98 Å². The Balaban J connectivity index is 2.05. The Kier molecular flexibility index (Phi) is 3.77. The van der Waals surface area contributed by atoms with E-state index in [2.05, 4.69) is 11.1 Å². The summed E-state index contributed by atoms with van der Waals surface area (Å²) in [6.07, 6.45) is 3.38. The first-order valence-corrected chi connectivity index (χ1v) is 7.30. The Morgan fingerprint density at radius 3 is 2.70 bits per heavy atom. The molecule has 114 valence electrons. The minimum atomic E-state index is -0.209. The molecule has 0 N–H and O–H groups in total. The van der Waals surface area contributed by atoms with Crippen molar-refractivity contribution in [3.8, 4) is 6.07 Å². The summed E-state index contributed by atoms with van der Waals surface area (Å²) in [6, 6.07) is 10.7. The van der Waals surface area contributed by atoms with Crippen LogP contribution in [0, 0.1) is 18.3 Å². The Morgan fingerprint density at radius 1 is 1.35 bits per heavy atom. The summed E-state index contributed by atoms with van der Waals surface area (Å²) < 4.78 is 1.75. The lowest BCUT2D eigenvalue weighted by Crippen LogP contribution is -2.26. The molecule has 23 heavy (non-hydrogen) atoms. The van der Waals surface area contributed by atoms with E-state index in [0.717, 1.165) is 11.4 Å². The number of carbonyl (C=O) groups is 1. The number of halogens is 1. The van der Waals surface area contributed by atoms with Crippen LogP contribution in [0.4, 0.5) is 5.69 Å². The maximum Gasteiger partial charge on any atom is 0.259 e. The fourth-order valence-corrected chi connectivity index (χ4v) is 2.51. The average Bonchev–Trinajstić information content (AvgIpc) is 2.94. The Morgan fingerprint density at radius 2 is 2.04 bits per heavy atom. The van der Waals surface area contributed by atoms with Gasteiger partial charge in [-0.3, -0.25) is 4.79 Å². The average molecular weight is 325 g/mol. The lowest BCUT2D eigenvalue weighted by atomic mass is 10.1. The molecule has 0 aliphatic rings. The van der Waals surface area contributed by atoms with Gasteiger partial charge in [0.2, 0.25) is 0 Å². The van der Waals surface area contributed by atoms with E-state index in [9.17, 15) is 10.1 Å². The number of benzene rings is 1. The standard InChI is InChI=1S/C17H13ClN4O/c1-11-9-20-16-12(8-19)7-13(10-22(11)16)17(23)21(2)15-5-3-14(18)4-6-15/h3-7,9-10H,1-2H3. The van der Waals surface area contributed by atoms with Crippen molar-refractivity contribution in [3.63, 3.8) is 0 Å². The van der Waals surface area contributed by atoms with Gasteiger partial charge in [-0.1, -0.05) is 11.6 Å². The van der Waals surface area contributed by atoms with Crippen LogP contribution in [0.3, 0.4) is 0 Å². The number of nitrogens with zero attached hydrogens (tertiary/aromatic N) is 4. The zero-order chi connectivity index (χ0) is 16.6. The molecule has 3 rings (SSSR count). The second kappa shape index (κ2) is 5.75. The smallest absolute Gasteiger partial charge is 0.259 e. The van der Waals surface area contributed by atoms with Gasteiger partial charge in [0.15, 0.2) is 5.65 Å². The van der Waals surface area contributed by atoms with Crippen LogP contribution in [0.25, 0.3) is 5.65 Å². The van der Waals surface area contributed by atoms with E-state index < -0.39 is 0 Å². The van der Waals surface area contributed by atoms with E-state index in [-0.39, 0.29) is 5.91 Å². The molecule has 5 nitrogen and oxygen atoms in total. The molecule has 0 fully saturated rings. The van der Waals surface area contributed by atoms with Crippen molar-refractivity contribution in [2.24, 2.45) is 0 Å². The largest absolute Gasteiger partial charge is 0.311 e. The number of aryl methyl sites for hydroxylation is 1. The van der Waals surface area contributed by atoms with Crippen LogP contribution in [0.15, 0.2) is 42.7 Å². The van der Waals surface area contributed by atoms with E-state index in [1.807, 2.05) is 6.92 Å². The molecule has 0 radical (unpaired) electrons. The number of aromatic nitrogens is 2. The second-order valence-corrected chi connectivity index (χ2v) is 5.62. The van der Waals surface area contributed by atoms with Crippen LogP contribution in [0.1, 0.15) is 21.6 Å². The molecule has 1 amide bonds. The molecule has 0 atom stereocenters. The molecule has 2 heterocycles. The van der Waals surface area contributed by atoms with E-state index in [4.69, 9.17) is 11.6 Å². The van der Waals surface area contributed by atoms with E-state index in [0.29, 0.717) is 21.8 Å². The van der Waals surface area contributed by atoms with Crippen LogP contribution < -0.4 is 4.90 Å². The fourth-order valence-electron chi connectivity index (χ4n) is 2.38. The molecule has 6 heteroatoms. The summed E-state index contributed by atoms with van der Waals surface area (Å²) in [6.45, 7) is 1.87. The summed E-state index contributed by atoms with van der Waals surface area (Å²) in [5.74, 6) is -0.209. The van der Waals surface area contributed by atoms with Crippen LogP contribution in [-0.4, -0.2) is 22.3 Å². The van der Waals surface area contributed by atoms with Gasteiger partial charge < -0.3 is 9.30 Å². The van der Waals surface area contributed by atoms with Gasteiger partial charge in [0.05, 0.1) is 11.1 Å². The van der Waals surface area contributed by atoms with Crippen LogP contribution in [0.2, 0.25) is 5.02 Å². The predicted octanol–water partition coefficient (Wildman–Crippen LogP) is 3.44. The molecule has 0 spiro atoms. The highest BCUT2D eigenvalue weighted by molar-refractivity contribution is 6.30. The van der Waals surface area contributed by atoms with E-state index in [1.54, 1.807) is 54.2 Å². The predicted molar refractivity (Wildman–Crippen MR) is 88.8 cm³/mol. The van der Waals surface area contributed by atoms with Gasteiger partial charge >= 0.3 is 0 Å². The van der Waals surface area contributed by atoms with Crippen LogP contribution >= 0.6 is 11.6 Å². The monoisotopic (exact) mass is 324 g/mol. The van der Waals surface area contributed by atoms with Gasteiger partial charge in [-0.05, 0) is 37.3 Å². The number of pyridine rings is 1. The van der Waals surface area contributed by atoms with Crippen LogP contribution in [-0.2, 0) is 0 Å². The van der Waals surface area contributed by atoms with Crippen molar-refractivity contribution in [1.29, 1.82) is 5.26 Å².